The van der Waals surface area contributed by atoms with E-state index in [0.29, 0.717) is 42.5 Å². The minimum absolute atomic E-state index is 0.0468. The smallest absolute Gasteiger partial charge is 0.290 e. The van der Waals surface area contributed by atoms with Crippen molar-refractivity contribution in [2.24, 2.45) is 0 Å². The van der Waals surface area contributed by atoms with Crippen LogP contribution in [0.15, 0.2) is 30.7 Å². The Bertz CT molecular complexity index is 1410. The fourth-order valence-corrected chi connectivity index (χ4v) is 4.42. The van der Waals surface area contributed by atoms with E-state index in [-0.39, 0.29) is 18.2 Å². The van der Waals surface area contributed by atoms with Crippen molar-refractivity contribution in [3.63, 3.8) is 0 Å². The zero-order valence-corrected chi connectivity index (χ0v) is 18.4. The van der Waals surface area contributed by atoms with Gasteiger partial charge in [-0.1, -0.05) is 0 Å². The van der Waals surface area contributed by atoms with Gasteiger partial charge in [-0.3, -0.25) is 19.2 Å². The summed E-state index contributed by atoms with van der Waals surface area (Å²) < 4.78 is 28.6. The third-order valence-electron chi connectivity index (χ3n) is 5.84. The number of halogens is 1. The molecule has 0 saturated heterocycles. The van der Waals surface area contributed by atoms with Crippen molar-refractivity contribution in [3.05, 3.63) is 59.1 Å². The Hall–Kier alpha value is -4.28. The van der Waals surface area contributed by atoms with Crippen molar-refractivity contribution in [2.45, 2.75) is 26.3 Å². The van der Waals surface area contributed by atoms with E-state index < -0.39 is 0 Å². The van der Waals surface area contributed by atoms with Crippen molar-refractivity contribution in [1.82, 2.24) is 24.6 Å². The largest absolute Gasteiger partial charge is 0.493 e. The molecule has 4 aromatic rings. The number of nitrogens with one attached hydrogen (secondary N) is 1. The Morgan fingerprint density at radius 3 is 2.76 bits per heavy atom. The average molecular weight is 464 g/mol. The summed E-state index contributed by atoms with van der Waals surface area (Å²) in [5.74, 6) is 1.70. The molecule has 174 valence electrons. The Morgan fingerprint density at radius 2 is 2.00 bits per heavy atom. The van der Waals surface area contributed by atoms with E-state index in [1.807, 2.05) is 24.3 Å². The van der Waals surface area contributed by atoms with Gasteiger partial charge in [0.25, 0.3) is 6.47 Å². The van der Waals surface area contributed by atoms with Crippen LogP contribution in [0.1, 0.15) is 28.4 Å². The predicted octanol–water partition coefficient (Wildman–Crippen LogP) is 3.12. The van der Waals surface area contributed by atoms with Crippen LogP contribution in [0.5, 0.6) is 11.5 Å². The molecule has 1 aromatic carbocycles. The number of carbonyl (C=O) groups is 1. The fraction of sp³-hybridized carbons (Fsp3) is 0.261. The van der Waals surface area contributed by atoms with E-state index in [4.69, 9.17) is 19.4 Å². The number of carboxylic acid groups (broad SMARTS) is 1. The van der Waals surface area contributed by atoms with E-state index in [1.165, 1.54) is 6.07 Å². The van der Waals surface area contributed by atoms with Gasteiger partial charge in [0.2, 0.25) is 0 Å². The van der Waals surface area contributed by atoms with Gasteiger partial charge in [0.15, 0.2) is 17.2 Å². The molecule has 0 fully saturated rings. The van der Waals surface area contributed by atoms with Crippen LogP contribution in [0.25, 0.3) is 16.9 Å². The second-order valence-corrected chi connectivity index (χ2v) is 7.96. The van der Waals surface area contributed by atoms with E-state index >= 15 is 0 Å². The topological polar surface area (TPSA) is 124 Å². The first-order chi connectivity index (χ1) is 16.5. The molecule has 6 rings (SSSR count). The summed E-state index contributed by atoms with van der Waals surface area (Å²) in [6.07, 6.45) is 3.34. The summed E-state index contributed by atoms with van der Waals surface area (Å²) in [4.78, 5) is 17.5. The van der Waals surface area contributed by atoms with Gasteiger partial charge in [0.1, 0.15) is 17.9 Å². The second-order valence-electron chi connectivity index (χ2n) is 7.96. The highest BCUT2D eigenvalue weighted by Gasteiger charge is 2.31. The second kappa shape index (κ2) is 8.58. The zero-order chi connectivity index (χ0) is 23.8. The third kappa shape index (κ3) is 3.54. The van der Waals surface area contributed by atoms with Crippen LogP contribution in [-0.4, -0.2) is 49.4 Å². The molecule has 0 aliphatic carbocycles. The minimum Gasteiger partial charge on any atom is -0.493 e. The lowest BCUT2D eigenvalue weighted by molar-refractivity contribution is -0.122. The van der Waals surface area contributed by atoms with Gasteiger partial charge in [-0.15, -0.1) is 10.2 Å². The van der Waals surface area contributed by atoms with Gasteiger partial charge in [-0.05, 0) is 32.0 Å². The molecule has 0 unspecified atom stereocenters. The number of benzene rings is 1. The molecule has 0 spiro atoms. The van der Waals surface area contributed by atoms with Crippen molar-refractivity contribution in [1.29, 1.82) is 0 Å². The first kappa shape index (κ1) is 21.6. The molecule has 2 aliphatic rings. The summed E-state index contributed by atoms with van der Waals surface area (Å²) in [7, 11) is 0. The first-order valence-corrected chi connectivity index (χ1v) is 10.6. The van der Waals surface area contributed by atoms with Crippen LogP contribution in [-0.2, 0) is 11.3 Å². The van der Waals surface area contributed by atoms with E-state index in [1.54, 1.807) is 18.6 Å². The normalized spacial score (nSPS) is 15.8. The van der Waals surface area contributed by atoms with Crippen molar-refractivity contribution in [2.75, 3.05) is 18.5 Å². The van der Waals surface area contributed by atoms with E-state index in [2.05, 4.69) is 25.5 Å². The number of fused-ring (bicyclic) bond motifs is 3. The van der Waals surface area contributed by atoms with Gasteiger partial charge in [-0.25, -0.2) is 4.39 Å². The number of rotatable bonds is 1. The van der Waals surface area contributed by atoms with Crippen LogP contribution < -0.4 is 14.8 Å². The molecular formula is C23H21FN6O4. The molecule has 10 nitrogen and oxygen atoms in total. The Morgan fingerprint density at radius 1 is 1.24 bits per heavy atom. The lowest BCUT2D eigenvalue weighted by Crippen LogP contribution is -2.13. The quantitative estimate of drug-likeness (QED) is 0.409. The van der Waals surface area contributed by atoms with Crippen molar-refractivity contribution in [3.8, 4) is 22.8 Å². The minimum atomic E-state index is -0.257. The summed E-state index contributed by atoms with van der Waals surface area (Å²) in [5, 5.41) is 18.6. The van der Waals surface area contributed by atoms with Gasteiger partial charge in [0.05, 0.1) is 41.8 Å². The number of ether oxygens (including phenoxy) is 2. The molecule has 11 heteroatoms. The van der Waals surface area contributed by atoms with Crippen molar-refractivity contribution >= 4 is 17.9 Å². The number of hydrogen-bond acceptors (Lipinski definition) is 8. The number of hydrogen-bond donors (Lipinski definition) is 2. The van der Waals surface area contributed by atoms with E-state index in [9.17, 15) is 4.39 Å². The van der Waals surface area contributed by atoms with Gasteiger partial charge in [0, 0.05) is 23.9 Å². The number of aromatic nitrogens is 5. The summed E-state index contributed by atoms with van der Waals surface area (Å²) in [6, 6.07) is 5.05. The number of nitrogens with zero attached hydrogens (tertiary/aromatic N) is 5. The molecule has 1 atom stereocenters. The van der Waals surface area contributed by atoms with Crippen LogP contribution in [0.2, 0.25) is 0 Å². The molecule has 2 aliphatic heterocycles. The number of aryl methyl sites for hydroxylation is 2. The van der Waals surface area contributed by atoms with Crippen LogP contribution >= 0.6 is 0 Å². The lowest BCUT2D eigenvalue weighted by atomic mass is 9.96. The maximum atomic E-state index is 14.7. The number of pyridine rings is 1. The monoisotopic (exact) mass is 464 g/mol. The van der Waals surface area contributed by atoms with Gasteiger partial charge in [-0.2, -0.15) is 0 Å². The molecule has 34 heavy (non-hydrogen) atoms. The molecule has 3 aromatic heterocycles. The lowest BCUT2D eigenvalue weighted by Gasteiger charge is -2.17. The summed E-state index contributed by atoms with van der Waals surface area (Å²) in [6.45, 7) is 4.69. The standard InChI is InChI=1S/C22H19FN6O2.CH2O2/c1-11-6-24-20(12(2)27-11)14-5-18-22(29-10-26-28-21(14)29)25-7-15-16(23)3-4-17-19(15)13(8-30-17)9-31-18;2-1-3/h3-6,10,13,25H,7-9H2,1-2H3;1H,(H,2,3)/t13-;/m0./s1. The van der Waals surface area contributed by atoms with Crippen LogP contribution in [0, 0.1) is 19.7 Å². The predicted molar refractivity (Wildman–Crippen MR) is 120 cm³/mol. The maximum Gasteiger partial charge on any atom is 0.290 e. The molecule has 5 heterocycles. The van der Waals surface area contributed by atoms with Crippen molar-refractivity contribution < 1.29 is 23.8 Å². The SMILES string of the molecule is Cc1cnc(-c2cc3c(n4cnnc24)NCc2c(F)ccc4c2[C@@H](CO4)CO3)c(C)n1.O=CO. The average Bonchev–Trinajstić information content (AvgIpc) is 3.46. The van der Waals surface area contributed by atoms with E-state index in [0.717, 1.165) is 34.0 Å². The third-order valence-corrected chi connectivity index (χ3v) is 5.84. The molecule has 0 bridgehead atoms. The maximum absolute atomic E-state index is 14.7. The Kier molecular flexibility index (Phi) is 5.44. The molecular weight excluding hydrogens is 443 g/mol. The van der Waals surface area contributed by atoms with Crippen LogP contribution in [0.4, 0.5) is 10.2 Å². The number of anilines is 1. The fourth-order valence-electron chi connectivity index (χ4n) is 4.42. The molecule has 0 saturated carbocycles. The molecule has 2 N–H and O–H groups in total. The summed E-state index contributed by atoms with van der Waals surface area (Å²) >= 11 is 0. The highest BCUT2D eigenvalue weighted by atomic mass is 19.1. The van der Waals surface area contributed by atoms with Gasteiger partial charge >= 0.3 is 0 Å². The zero-order valence-electron chi connectivity index (χ0n) is 18.4. The summed E-state index contributed by atoms with van der Waals surface area (Å²) in [5.41, 5.74) is 5.23. The Balaban J connectivity index is 0.000000764. The highest BCUT2D eigenvalue weighted by molar-refractivity contribution is 5.81. The van der Waals surface area contributed by atoms with Gasteiger partial charge < -0.3 is 19.9 Å². The van der Waals surface area contributed by atoms with Crippen LogP contribution in [0.3, 0.4) is 0 Å². The Labute approximate surface area is 193 Å². The highest BCUT2D eigenvalue weighted by Crippen LogP contribution is 2.41. The molecule has 0 radical (unpaired) electrons. The first-order valence-electron chi connectivity index (χ1n) is 10.6. The molecule has 0 amide bonds.